The van der Waals surface area contributed by atoms with E-state index >= 15 is 0 Å². The summed E-state index contributed by atoms with van der Waals surface area (Å²) >= 11 is 6.08. The van der Waals surface area contributed by atoms with Gasteiger partial charge in [0, 0.05) is 11.1 Å². The smallest absolute Gasteiger partial charge is 0.238 e. The van der Waals surface area contributed by atoms with Crippen molar-refractivity contribution in [3.8, 4) is 0 Å². The van der Waals surface area contributed by atoms with Crippen molar-refractivity contribution in [2.75, 3.05) is 0 Å². The van der Waals surface area contributed by atoms with Crippen LogP contribution in [-0.4, -0.2) is 25.6 Å². The van der Waals surface area contributed by atoms with Gasteiger partial charge in [-0.3, -0.25) is 9.59 Å². The van der Waals surface area contributed by atoms with Crippen molar-refractivity contribution in [2.24, 2.45) is 5.14 Å². The number of benzene rings is 2. The number of primary sulfonamides is 1. The number of carbonyl (C=O) groups excluding carboxylic acids is 2. The van der Waals surface area contributed by atoms with Gasteiger partial charge in [0.25, 0.3) is 0 Å². The number of rotatable bonds is 4. The molecule has 0 bridgehead atoms. The normalized spacial score (nSPS) is 16.2. The van der Waals surface area contributed by atoms with E-state index in [1.165, 1.54) is 31.2 Å². The summed E-state index contributed by atoms with van der Waals surface area (Å²) in [5.74, 6) is -0.181. The van der Waals surface area contributed by atoms with E-state index in [1.807, 2.05) is 0 Å². The molecule has 0 saturated heterocycles. The van der Waals surface area contributed by atoms with Crippen LogP contribution in [0, 0.1) is 0 Å². The van der Waals surface area contributed by atoms with Crippen LogP contribution < -0.4 is 5.14 Å². The Hall–Kier alpha value is -2.48. The zero-order valence-corrected chi connectivity index (χ0v) is 17.0. The number of ketones is 2. The molecule has 0 spiro atoms. The third-order valence-corrected chi connectivity index (χ3v) is 5.70. The number of carbonyl (C=O) groups is 2. The van der Waals surface area contributed by atoms with Gasteiger partial charge in [0.05, 0.1) is 15.5 Å². The highest BCUT2D eigenvalue weighted by Gasteiger charge is 2.43. The van der Waals surface area contributed by atoms with Crippen LogP contribution in [0.4, 0.5) is 0 Å². The van der Waals surface area contributed by atoms with Crippen molar-refractivity contribution in [1.82, 2.24) is 0 Å². The minimum absolute atomic E-state index is 0.0488. The third-order valence-electron chi connectivity index (χ3n) is 4.44. The van der Waals surface area contributed by atoms with E-state index in [9.17, 15) is 18.0 Å². The second-order valence-corrected chi connectivity index (χ2v) is 8.93. The molecule has 28 heavy (non-hydrogen) atoms. The molecule has 2 aromatic carbocycles. The Bertz CT molecular complexity index is 1130. The third kappa shape index (κ3) is 3.61. The highest BCUT2D eigenvalue weighted by Crippen LogP contribution is 2.42. The van der Waals surface area contributed by atoms with Gasteiger partial charge in [0.2, 0.25) is 15.8 Å². The summed E-state index contributed by atoms with van der Waals surface area (Å²) < 4.78 is 28.9. The fourth-order valence-corrected chi connectivity index (χ4v) is 3.73. The van der Waals surface area contributed by atoms with Crippen molar-refractivity contribution >= 4 is 44.5 Å². The van der Waals surface area contributed by atoms with Crippen molar-refractivity contribution < 1.29 is 22.7 Å². The lowest BCUT2D eigenvalue weighted by molar-refractivity contribution is -0.125. The van der Waals surface area contributed by atoms with E-state index in [0.717, 1.165) is 0 Å². The van der Waals surface area contributed by atoms with Crippen LogP contribution in [0.15, 0.2) is 47.4 Å². The number of Topliss-reactive ketones (excluding diaryl/α,β-unsaturated/α-hetero) is 2. The van der Waals surface area contributed by atoms with Crippen molar-refractivity contribution in [2.45, 2.75) is 31.3 Å². The number of hydrogen-bond acceptors (Lipinski definition) is 5. The minimum Gasteiger partial charge on any atom is -0.478 e. The molecule has 0 aliphatic carbocycles. The van der Waals surface area contributed by atoms with Crippen molar-refractivity contribution in [1.29, 1.82) is 0 Å². The predicted octanol–water partition coefficient (Wildman–Crippen LogP) is 3.44. The Morgan fingerprint density at radius 1 is 1.07 bits per heavy atom. The summed E-state index contributed by atoms with van der Waals surface area (Å²) in [4.78, 5) is 24.8. The summed E-state index contributed by atoms with van der Waals surface area (Å²) in [6.07, 6.45) is 0. The first-order valence-electron chi connectivity index (χ1n) is 8.34. The molecule has 1 aliphatic rings. The molecule has 8 heteroatoms. The lowest BCUT2D eigenvalue weighted by atomic mass is 9.91. The average molecular weight is 420 g/mol. The second kappa shape index (κ2) is 6.84. The highest BCUT2D eigenvalue weighted by molar-refractivity contribution is 7.89. The van der Waals surface area contributed by atoms with E-state index in [2.05, 4.69) is 0 Å². The Balaban J connectivity index is 2.20. The van der Waals surface area contributed by atoms with Gasteiger partial charge in [-0.05, 0) is 62.7 Å². The molecule has 0 aromatic heterocycles. The monoisotopic (exact) mass is 419 g/mol. The van der Waals surface area contributed by atoms with Gasteiger partial charge in [0.15, 0.2) is 11.4 Å². The molecule has 1 aliphatic heterocycles. The zero-order valence-electron chi connectivity index (χ0n) is 15.4. The Morgan fingerprint density at radius 2 is 1.64 bits per heavy atom. The van der Waals surface area contributed by atoms with Crippen molar-refractivity contribution in [3.05, 3.63) is 64.2 Å². The molecule has 0 atom stereocenters. The van der Waals surface area contributed by atoms with Gasteiger partial charge in [-0.15, -0.1) is 0 Å². The summed E-state index contributed by atoms with van der Waals surface area (Å²) in [6, 6.07) is 10.5. The molecule has 146 valence electrons. The molecule has 2 aromatic rings. The first-order valence-corrected chi connectivity index (χ1v) is 10.3. The summed E-state index contributed by atoms with van der Waals surface area (Å²) in [5, 5.41) is 5.43. The molecular formula is C20H18ClNO5S. The lowest BCUT2D eigenvalue weighted by Crippen LogP contribution is -2.29. The van der Waals surface area contributed by atoms with E-state index < -0.39 is 15.6 Å². The van der Waals surface area contributed by atoms with Gasteiger partial charge in [-0.1, -0.05) is 17.7 Å². The van der Waals surface area contributed by atoms with E-state index in [-0.39, 0.29) is 16.5 Å². The Kier molecular flexibility index (Phi) is 4.95. The topological polar surface area (TPSA) is 104 Å². The molecule has 0 saturated carbocycles. The van der Waals surface area contributed by atoms with Crippen LogP contribution in [-0.2, 0) is 19.6 Å². The largest absolute Gasteiger partial charge is 0.478 e. The molecule has 0 unspecified atom stereocenters. The van der Waals surface area contributed by atoms with Crippen LogP contribution in [0.1, 0.15) is 42.3 Å². The Labute approximate surface area is 168 Å². The maximum absolute atomic E-state index is 13.0. The molecule has 2 N–H and O–H groups in total. The van der Waals surface area contributed by atoms with E-state index in [0.29, 0.717) is 33.0 Å². The first-order chi connectivity index (χ1) is 12.9. The molecular weight excluding hydrogens is 402 g/mol. The van der Waals surface area contributed by atoms with Gasteiger partial charge in [-0.25, -0.2) is 13.6 Å². The highest BCUT2D eigenvalue weighted by atomic mass is 35.5. The summed E-state index contributed by atoms with van der Waals surface area (Å²) in [6.45, 7) is 4.68. The van der Waals surface area contributed by atoms with Crippen LogP contribution in [0.25, 0.3) is 11.3 Å². The first kappa shape index (κ1) is 20.3. The number of ether oxygens (including phenoxy) is 1. The fraction of sp³-hybridized carbons (Fsp3) is 0.200. The van der Waals surface area contributed by atoms with Crippen LogP contribution in [0.2, 0.25) is 5.02 Å². The average Bonchev–Trinajstić information content (AvgIpc) is 2.84. The van der Waals surface area contributed by atoms with E-state index in [4.69, 9.17) is 21.5 Å². The standard InChI is InChI=1S/C20H18ClNO5S/c1-11(23)15-10-13(6-9-16(15)21)17-18(27-20(2,3)19(17)24)12-4-7-14(8-5-12)28(22,25)26/h4-10H,1-3H3,(H2,22,25,26). The maximum atomic E-state index is 13.0. The molecule has 3 rings (SSSR count). The fourth-order valence-electron chi connectivity index (χ4n) is 2.97. The van der Waals surface area contributed by atoms with Gasteiger partial charge in [0.1, 0.15) is 5.76 Å². The molecule has 0 radical (unpaired) electrons. The molecule has 6 nitrogen and oxygen atoms in total. The number of halogens is 1. The van der Waals surface area contributed by atoms with Gasteiger partial charge >= 0.3 is 0 Å². The second-order valence-electron chi connectivity index (χ2n) is 6.97. The number of hydrogen-bond donors (Lipinski definition) is 1. The molecule has 0 fully saturated rings. The van der Waals surface area contributed by atoms with Crippen LogP contribution >= 0.6 is 11.6 Å². The molecule has 1 heterocycles. The predicted molar refractivity (Wildman–Crippen MR) is 106 cm³/mol. The lowest BCUT2D eigenvalue weighted by Gasteiger charge is -2.17. The van der Waals surface area contributed by atoms with Crippen LogP contribution in [0.5, 0.6) is 0 Å². The number of nitrogens with two attached hydrogens (primary N) is 1. The van der Waals surface area contributed by atoms with Crippen molar-refractivity contribution in [3.63, 3.8) is 0 Å². The van der Waals surface area contributed by atoms with Gasteiger partial charge in [-0.2, -0.15) is 0 Å². The zero-order chi connectivity index (χ0) is 20.9. The Morgan fingerprint density at radius 3 is 2.18 bits per heavy atom. The number of sulfonamides is 1. The quantitative estimate of drug-likeness (QED) is 0.764. The maximum Gasteiger partial charge on any atom is 0.238 e. The minimum atomic E-state index is -3.84. The SMILES string of the molecule is CC(=O)c1cc(C2=C(c3ccc(S(N)(=O)=O)cc3)OC(C)(C)C2=O)ccc1Cl. The summed E-state index contributed by atoms with van der Waals surface area (Å²) in [5.41, 5.74) is 0.497. The van der Waals surface area contributed by atoms with Crippen LogP contribution in [0.3, 0.4) is 0 Å². The molecule has 0 amide bonds. The van der Waals surface area contributed by atoms with E-state index in [1.54, 1.807) is 32.0 Å². The summed E-state index contributed by atoms with van der Waals surface area (Å²) in [7, 11) is -3.84. The van der Waals surface area contributed by atoms with Gasteiger partial charge < -0.3 is 4.74 Å².